The van der Waals surface area contributed by atoms with E-state index in [9.17, 15) is 30.4 Å². The summed E-state index contributed by atoms with van der Waals surface area (Å²) in [6, 6.07) is 8.61. The van der Waals surface area contributed by atoms with Crippen molar-refractivity contribution in [3.8, 4) is 11.5 Å². The topological polar surface area (TPSA) is 186 Å². The number of sulfonamides is 2. The number of benzene rings is 2. The van der Waals surface area contributed by atoms with Crippen LogP contribution in [0, 0.1) is 5.92 Å². The SMILES string of the molecule is NS(=O)(=O)c1cccc(S(=O)(=O)N2CCS[C@H]2C(=O)O[C@@H](Cc2c(Cl)c[nH+]cc2Cl)c2ccc(OC(F)F)c(OCC3CC3)c2)c1.[OH-]. The summed E-state index contributed by atoms with van der Waals surface area (Å²) in [5.41, 5.74) is 0.718. The Balaban J connectivity index is 0.00000500. The Hall–Kier alpha value is -2.77. The van der Waals surface area contributed by atoms with Gasteiger partial charge in [-0.1, -0.05) is 35.3 Å². The molecule has 2 aliphatic rings. The van der Waals surface area contributed by atoms with Crippen molar-refractivity contribution in [3.63, 3.8) is 0 Å². The summed E-state index contributed by atoms with van der Waals surface area (Å²) in [5, 5.41) is 4.30. The highest BCUT2D eigenvalue weighted by atomic mass is 35.5. The van der Waals surface area contributed by atoms with Crippen molar-refractivity contribution in [1.82, 2.24) is 4.31 Å². The molecule has 0 amide bonds. The molecule has 12 nitrogen and oxygen atoms in total. The second kappa shape index (κ2) is 15.2. The number of thioether (sulfide) groups is 1. The fourth-order valence-corrected chi connectivity index (χ4v) is 8.90. The van der Waals surface area contributed by atoms with Crippen LogP contribution in [0.4, 0.5) is 8.78 Å². The number of rotatable bonds is 13. The van der Waals surface area contributed by atoms with Gasteiger partial charge in [0.05, 0.1) is 16.4 Å². The highest BCUT2D eigenvalue weighted by Crippen LogP contribution is 2.39. The van der Waals surface area contributed by atoms with Gasteiger partial charge in [0.1, 0.15) is 16.1 Å². The van der Waals surface area contributed by atoms with E-state index in [-0.39, 0.29) is 63.2 Å². The van der Waals surface area contributed by atoms with E-state index < -0.39 is 49.0 Å². The molecule has 0 spiro atoms. The normalized spacial score (nSPS) is 17.6. The number of halogens is 4. The lowest BCUT2D eigenvalue weighted by Crippen LogP contribution is -2.40. The molecule has 1 saturated carbocycles. The number of primary sulfonamides is 1. The second-order valence-electron chi connectivity index (χ2n) is 10.5. The van der Waals surface area contributed by atoms with Crippen LogP contribution in [0.5, 0.6) is 11.5 Å². The number of hydrogen-bond donors (Lipinski definition) is 1. The molecule has 256 valence electrons. The van der Waals surface area contributed by atoms with Gasteiger partial charge in [0.2, 0.25) is 20.0 Å². The van der Waals surface area contributed by atoms with Gasteiger partial charge >= 0.3 is 12.6 Å². The van der Waals surface area contributed by atoms with Crippen molar-refractivity contribution in [1.29, 1.82) is 0 Å². The predicted molar refractivity (Wildman–Crippen MR) is 167 cm³/mol. The van der Waals surface area contributed by atoms with Crippen LogP contribution in [0.3, 0.4) is 0 Å². The zero-order valence-corrected chi connectivity index (χ0v) is 28.2. The molecule has 0 unspecified atom stereocenters. The molecule has 1 saturated heterocycles. The van der Waals surface area contributed by atoms with Gasteiger partial charge in [-0.05, 0) is 54.7 Å². The average molecular weight is 757 g/mol. The Morgan fingerprint density at radius 3 is 2.36 bits per heavy atom. The quantitative estimate of drug-likeness (QED) is 0.247. The first-order valence-electron chi connectivity index (χ1n) is 13.8. The summed E-state index contributed by atoms with van der Waals surface area (Å²) < 4.78 is 94.5. The minimum absolute atomic E-state index is 0. The first kappa shape index (κ1) is 37.1. The standard InChI is InChI=1S/C28H27Cl2F2N3O8S3.H2O/c29-21-13-34-14-22(30)20(21)12-24(17-6-7-23(43-28(31)32)25(10-17)41-15-16-4-5-16)42-27(36)26-35(8-9-44-26)46(39,40)19-3-1-2-18(11-19)45(33,37)38;/h1-3,6-7,10-11,13-14,16,24,26,28H,4-5,8-9,12,15H2,(H2,33,37,38);1H2/t24-,26-;/m0./s1. The number of nitrogens with one attached hydrogen (secondary N) is 1. The molecule has 1 aliphatic carbocycles. The zero-order chi connectivity index (χ0) is 33.2. The number of carbonyl (C=O) groups excluding carboxylic acids is 1. The van der Waals surface area contributed by atoms with Crippen LogP contribution < -0.4 is 19.6 Å². The molecular weight excluding hydrogens is 727 g/mol. The number of esters is 1. The largest absolute Gasteiger partial charge is 0.870 e. The molecule has 0 radical (unpaired) electrons. The molecule has 0 bridgehead atoms. The monoisotopic (exact) mass is 755 g/mol. The van der Waals surface area contributed by atoms with Crippen LogP contribution in [0.1, 0.15) is 30.1 Å². The average Bonchev–Trinajstić information content (AvgIpc) is 3.69. The molecule has 4 N–H and O–H groups in total. The van der Waals surface area contributed by atoms with Gasteiger partial charge in [-0.15, -0.1) is 11.8 Å². The molecule has 2 aromatic carbocycles. The van der Waals surface area contributed by atoms with Crippen molar-refractivity contribution in [2.24, 2.45) is 11.1 Å². The fourth-order valence-electron chi connectivity index (χ4n) is 4.64. The smallest absolute Gasteiger partial charge is 0.387 e. The van der Waals surface area contributed by atoms with Gasteiger partial charge in [-0.2, -0.15) is 13.1 Å². The van der Waals surface area contributed by atoms with Crippen LogP contribution in [0.15, 0.2) is 64.6 Å². The lowest BCUT2D eigenvalue weighted by atomic mass is 10.0. The van der Waals surface area contributed by atoms with Crippen LogP contribution in [-0.4, -0.2) is 63.5 Å². The van der Waals surface area contributed by atoms with Gasteiger partial charge in [-0.3, -0.25) is 0 Å². The lowest BCUT2D eigenvalue weighted by molar-refractivity contribution is -0.377. The second-order valence-corrected chi connectivity index (χ2v) is 15.9. The number of H-pyrrole nitrogens is 1. The van der Waals surface area contributed by atoms with E-state index in [2.05, 4.69) is 9.72 Å². The van der Waals surface area contributed by atoms with Crippen LogP contribution >= 0.6 is 35.0 Å². The Labute approximate surface area is 283 Å². The van der Waals surface area contributed by atoms with Gasteiger partial charge in [0.25, 0.3) is 0 Å². The summed E-state index contributed by atoms with van der Waals surface area (Å²) in [6.45, 7) is -2.90. The number of ether oxygens (including phenoxy) is 3. The minimum Gasteiger partial charge on any atom is -0.870 e. The molecule has 47 heavy (non-hydrogen) atoms. The van der Waals surface area contributed by atoms with Crippen molar-refractivity contribution < 1.29 is 55.1 Å². The Morgan fingerprint density at radius 2 is 1.72 bits per heavy atom. The minimum atomic E-state index is -4.38. The first-order valence-corrected chi connectivity index (χ1v) is 18.6. The third-order valence-electron chi connectivity index (χ3n) is 7.16. The maximum absolute atomic E-state index is 13.7. The highest BCUT2D eigenvalue weighted by Gasteiger charge is 2.42. The van der Waals surface area contributed by atoms with Gasteiger partial charge in [0, 0.05) is 24.3 Å². The molecule has 2 fully saturated rings. The number of aromatic amines is 1. The first-order chi connectivity index (χ1) is 21.7. The highest BCUT2D eigenvalue weighted by molar-refractivity contribution is 8.02. The van der Waals surface area contributed by atoms with Crippen molar-refractivity contribution >= 4 is 61.0 Å². The number of hydrogen-bond acceptors (Lipinski definition) is 10. The third-order valence-corrected chi connectivity index (χ3v) is 11.9. The molecular formula is C28H29Cl2F2N3O9S3. The lowest BCUT2D eigenvalue weighted by Gasteiger charge is -2.26. The van der Waals surface area contributed by atoms with E-state index in [1.54, 1.807) is 0 Å². The van der Waals surface area contributed by atoms with Gasteiger partial charge in [0.15, 0.2) is 29.3 Å². The van der Waals surface area contributed by atoms with Crippen LogP contribution in [0.2, 0.25) is 10.0 Å². The molecule has 1 aromatic heterocycles. The van der Waals surface area contributed by atoms with Crippen LogP contribution in [-0.2, 0) is 36.0 Å². The fraction of sp³-hybridized carbons (Fsp3) is 0.357. The summed E-state index contributed by atoms with van der Waals surface area (Å²) in [4.78, 5) is 15.7. The maximum Gasteiger partial charge on any atom is 0.387 e. The zero-order valence-electron chi connectivity index (χ0n) is 24.2. The Morgan fingerprint density at radius 1 is 1.04 bits per heavy atom. The number of nitrogens with zero attached hydrogens (tertiary/aromatic N) is 1. The van der Waals surface area contributed by atoms with E-state index in [0.29, 0.717) is 11.1 Å². The van der Waals surface area contributed by atoms with Gasteiger partial charge in [-0.25, -0.2) is 31.8 Å². The number of alkyl halides is 2. The number of carbonyl (C=O) groups is 1. The molecule has 5 rings (SSSR count). The van der Waals surface area contributed by atoms with Gasteiger partial charge < -0.3 is 19.7 Å². The molecule has 3 aromatic rings. The van der Waals surface area contributed by atoms with E-state index in [1.165, 1.54) is 42.7 Å². The van der Waals surface area contributed by atoms with E-state index >= 15 is 0 Å². The predicted octanol–water partition coefficient (Wildman–Crippen LogP) is 4.26. The van der Waals surface area contributed by atoms with Crippen molar-refractivity contribution in [2.75, 3.05) is 18.9 Å². The Bertz CT molecular complexity index is 1810. The molecule has 19 heteroatoms. The summed E-state index contributed by atoms with van der Waals surface area (Å²) in [5.74, 6) is -0.600. The summed E-state index contributed by atoms with van der Waals surface area (Å²) in [7, 11) is -8.59. The molecule has 2 atom stereocenters. The third kappa shape index (κ3) is 9.03. The number of pyridine rings is 1. The van der Waals surface area contributed by atoms with Crippen molar-refractivity contribution in [3.05, 3.63) is 76.0 Å². The van der Waals surface area contributed by atoms with E-state index in [0.717, 1.165) is 41.0 Å². The number of aromatic nitrogens is 1. The summed E-state index contributed by atoms with van der Waals surface area (Å²) in [6.07, 6.45) is 3.63. The van der Waals surface area contributed by atoms with E-state index in [1.807, 2.05) is 0 Å². The molecule has 1 aliphatic heterocycles. The summed E-state index contributed by atoms with van der Waals surface area (Å²) >= 11 is 13.8. The molecule has 2 heterocycles. The van der Waals surface area contributed by atoms with Crippen molar-refractivity contribution in [2.45, 2.75) is 47.1 Å². The van der Waals surface area contributed by atoms with Crippen LogP contribution in [0.25, 0.3) is 0 Å². The maximum atomic E-state index is 13.7. The Kier molecular flexibility index (Phi) is 12.0. The van der Waals surface area contributed by atoms with E-state index in [4.69, 9.17) is 37.8 Å². The number of nitrogens with two attached hydrogens (primary N) is 1.